The molecule has 2 heterocycles. The Labute approximate surface area is 197 Å². The number of nitro benzene ring substituents is 1. The number of benzene rings is 2. The van der Waals surface area contributed by atoms with Crippen molar-refractivity contribution in [2.75, 3.05) is 26.2 Å². The molecule has 0 spiro atoms. The monoisotopic (exact) mass is 489 g/mol. The molecule has 33 heavy (non-hydrogen) atoms. The summed E-state index contributed by atoms with van der Waals surface area (Å²) < 4.78 is 29.1. The number of nitrogens with zero attached hydrogens (tertiary/aromatic N) is 5. The lowest BCUT2D eigenvalue weighted by molar-refractivity contribution is -0.387. The molecule has 0 amide bonds. The fourth-order valence-corrected chi connectivity index (χ4v) is 5.82. The molecule has 1 fully saturated rings. The number of nitro groups is 1. The molecule has 1 saturated heterocycles. The normalized spacial score (nSPS) is 15.6. The molecule has 11 heteroatoms. The molecular weight excluding hydrogens is 466 g/mol. The number of hydrogen-bond acceptors (Lipinski definition) is 6. The predicted molar refractivity (Wildman–Crippen MR) is 125 cm³/mol. The Balaban J connectivity index is 1.44. The quantitative estimate of drug-likeness (QED) is 0.372. The molecule has 0 atom stereocenters. The first-order chi connectivity index (χ1) is 15.8. The van der Waals surface area contributed by atoms with Crippen LogP contribution in [0.2, 0.25) is 5.15 Å². The van der Waals surface area contributed by atoms with Crippen molar-refractivity contribution in [3.63, 3.8) is 0 Å². The number of aryl methyl sites for hydroxylation is 1. The van der Waals surface area contributed by atoms with Crippen LogP contribution >= 0.6 is 11.6 Å². The van der Waals surface area contributed by atoms with Crippen molar-refractivity contribution >= 4 is 27.3 Å². The van der Waals surface area contributed by atoms with E-state index in [4.69, 9.17) is 11.6 Å². The van der Waals surface area contributed by atoms with E-state index < -0.39 is 20.6 Å². The standard InChI is InChI=1S/C22H24ClN5O4S/c1-17-19(22(23)27(24-17)15-18-7-3-2-4-8-18)16-25-11-13-26(14-12-25)33(31,32)21-10-6-5-9-20(21)28(29)30/h2-10H,11-16H2,1H3. The number of hydrogen-bond donors (Lipinski definition) is 0. The van der Waals surface area contributed by atoms with Crippen molar-refractivity contribution in [2.24, 2.45) is 0 Å². The maximum atomic E-state index is 13.0. The smallest absolute Gasteiger partial charge is 0.289 e. The Morgan fingerprint density at radius 2 is 1.64 bits per heavy atom. The molecule has 1 aliphatic heterocycles. The number of para-hydroxylation sites is 1. The summed E-state index contributed by atoms with van der Waals surface area (Å²) in [6, 6.07) is 15.4. The van der Waals surface area contributed by atoms with Gasteiger partial charge in [0.05, 0.1) is 17.2 Å². The molecule has 3 aromatic rings. The van der Waals surface area contributed by atoms with Gasteiger partial charge in [0.2, 0.25) is 10.0 Å². The molecule has 0 N–H and O–H groups in total. The van der Waals surface area contributed by atoms with Gasteiger partial charge in [-0.15, -0.1) is 0 Å². The summed E-state index contributed by atoms with van der Waals surface area (Å²) in [6.07, 6.45) is 0. The second-order valence-corrected chi connectivity index (χ2v) is 10.2. The summed E-state index contributed by atoms with van der Waals surface area (Å²) in [5.41, 5.74) is 2.45. The summed E-state index contributed by atoms with van der Waals surface area (Å²) in [6.45, 7) is 4.49. The molecule has 174 valence electrons. The van der Waals surface area contributed by atoms with E-state index in [-0.39, 0.29) is 18.0 Å². The molecule has 0 radical (unpaired) electrons. The lowest BCUT2D eigenvalue weighted by Crippen LogP contribution is -2.48. The molecular formula is C22H24ClN5O4S. The SMILES string of the molecule is Cc1nn(Cc2ccccc2)c(Cl)c1CN1CCN(S(=O)(=O)c2ccccc2[N+](=O)[O-])CC1. The highest BCUT2D eigenvalue weighted by atomic mass is 35.5. The summed E-state index contributed by atoms with van der Waals surface area (Å²) >= 11 is 6.63. The van der Waals surface area contributed by atoms with E-state index in [1.165, 1.54) is 28.6 Å². The van der Waals surface area contributed by atoms with Gasteiger partial charge in [0.1, 0.15) is 5.15 Å². The molecule has 9 nitrogen and oxygen atoms in total. The lowest BCUT2D eigenvalue weighted by atomic mass is 10.2. The van der Waals surface area contributed by atoms with Gasteiger partial charge in [-0.05, 0) is 18.6 Å². The third-order valence-corrected chi connectivity index (χ3v) is 8.12. The second-order valence-electron chi connectivity index (χ2n) is 7.90. The van der Waals surface area contributed by atoms with Gasteiger partial charge in [0.25, 0.3) is 5.69 Å². The minimum atomic E-state index is -3.96. The molecule has 1 aromatic heterocycles. The van der Waals surface area contributed by atoms with Crippen molar-refractivity contribution in [1.29, 1.82) is 0 Å². The minimum absolute atomic E-state index is 0.239. The van der Waals surface area contributed by atoms with Crippen LogP contribution in [0.4, 0.5) is 5.69 Å². The highest BCUT2D eigenvalue weighted by Crippen LogP contribution is 2.28. The molecule has 1 aliphatic rings. The van der Waals surface area contributed by atoms with E-state index in [0.717, 1.165) is 16.8 Å². The van der Waals surface area contributed by atoms with E-state index in [0.29, 0.717) is 31.3 Å². The maximum Gasteiger partial charge on any atom is 0.289 e. The number of rotatable bonds is 7. The van der Waals surface area contributed by atoms with E-state index in [2.05, 4.69) is 10.00 Å². The number of sulfonamides is 1. The van der Waals surface area contributed by atoms with Crippen LogP contribution in [0.25, 0.3) is 0 Å². The molecule has 0 aliphatic carbocycles. The molecule has 4 rings (SSSR count). The lowest BCUT2D eigenvalue weighted by Gasteiger charge is -2.33. The van der Waals surface area contributed by atoms with Crippen molar-refractivity contribution in [1.82, 2.24) is 19.0 Å². The van der Waals surface area contributed by atoms with Crippen molar-refractivity contribution < 1.29 is 13.3 Å². The highest BCUT2D eigenvalue weighted by molar-refractivity contribution is 7.89. The summed E-state index contributed by atoms with van der Waals surface area (Å²) in [7, 11) is -3.96. The van der Waals surface area contributed by atoms with Crippen LogP contribution in [0, 0.1) is 17.0 Å². The molecule has 2 aromatic carbocycles. The first-order valence-corrected chi connectivity index (χ1v) is 12.3. The number of piperazine rings is 1. The van der Waals surface area contributed by atoms with Gasteiger partial charge in [-0.3, -0.25) is 15.0 Å². The van der Waals surface area contributed by atoms with Crippen molar-refractivity contribution in [2.45, 2.75) is 24.9 Å². The molecule has 0 unspecified atom stereocenters. The van der Waals surface area contributed by atoms with E-state index >= 15 is 0 Å². The van der Waals surface area contributed by atoms with Gasteiger partial charge >= 0.3 is 0 Å². The number of aromatic nitrogens is 2. The van der Waals surface area contributed by atoms with Crippen molar-refractivity contribution in [3.8, 4) is 0 Å². The predicted octanol–water partition coefficient (Wildman–Crippen LogP) is 3.31. The van der Waals surface area contributed by atoms with Gasteiger partial charge < -0.3 is 0 Å². The Morgan fingerprint density at radius 3 is 2.30 bits per heavy atom. The van der Waals surface area contributed by atoms with Crippen molar-refractivity contribution in [3.05, 3.63) is 86.7 Å². The third-order valence-electron chi connectivity index (χ3n) is 5.75. The fourth-order valence-electron chi connectivity index (χ4n) is 3.95. The zero-order chi connectivity index (χ0) is 23.6. The Hall–Kier alpha value is -2.79. The zero-order valence-corrected chi connectivity index (χ0v) is 19.7. The minimum Gasteiger partial charge on any atom is -0.296 e. The molecule has 0 bridgehead atoms. The summed E-state index contributed by atoms with van der Waals surface area (Å²) in [5, 5.41) is 16.4. The Morgan fingerprint density at radius 1 is 1.00 bits per heavy atom. The zero-order valence-electron chi connectivity index (χ0n) is 18.1. The van der Waals surface area contributed by atoms with Gasteiger partial charge in [0, 0.05) is 44.4 Å². The molecule has 0 saturated carbocycles. The summed E-state index contributed by atoms with van der Waals surface area (Å²) in [5.74, 6) is 0. The van der Waals surface area contributed by atoms with Gasteiger partial charge in [-0.25, -0.2) is 13.1 Å². The van der Waals surface area contributed by atoms with Crippen LogP contribution in [0.15, 0.2) is 59.5 Å². The average molecular weight is 490 g/mol. The van der Waals surface area contributed by atoms with Crippen LogP contribution < -0.4 is 0 Å². The fraction of sp³-hybridized carbons (Fsp3) is 0.318. The van der Waals surface area contributed by atoms with Gasteiger partial charge in [-0.1, -0.05) is 54.1 Å². The van der Waals surface area contributed by atoms with Crippen LogP contribution in [0.5, 0.6) is 0 Å². The van der Waals surface area contributed by atoms with Gasteiger partial charge in [-0.2, -0.15) is 9.40 Å². The van der Waals surface area contributed by atoms with Crippen LogP contribution in [-0.4, -0.2) is 58.5 Å². The highest BCUT2D eigenvalue weighted by Gasteiger charge is 2.33. The maximum absolute atomic E-state index is 13.0. The van der Waals surface area contributed by atoms with Crippen LogP contribution in [-0.2, 0) is 23.1 Å². The first kappa shape index (κ1) is 23.4. The Kier molecular flexibility index (Phi) is 6.80. The van der Waals surface area contributed by atoms with Crippen LogP contribution in [0.1, 0.15) is 16.8 Å². The average Bonchev–Trinajstić information content (AvgIpc) is 3.07. The second kappa shape index (κ2) is 9.60. The van der Waals surface area contributed by atoms with E-state index in [9.17, 15) is 18.5 Å². The summed E-state index contributed by atoms with van der Waals surface area (Å²) in [4.78, 5) is 12.5. The third kappa shape index (κ3) is 4.93. The van der Waals surface area contributed by atoms with E-state index in [1.54, 1.807) is 4.68 Å². The largest absolute Gasteiger partial charge is 0.296 e. The van der Waals surface area contributed by atoms with E-state index in [1.807, 2.05) is 37.3 Å². The van der Waals surface area contributed by atoms with Gasteiger partial charge in [0.15, 0.2) is 4.90 Å². The number of halogens is 1. The van der Waals surface area contributed by atoms with Crippen LogP contribution in [0.3, 0.4) is 0 Å². The Bertz CT molecular complexity index is 1260. The topological polar surface area (TPSA) is 102 Å². The first-order valence-electron chi connectivity index (χ1n) is 10.5.